The van der Waals surface area contributed by atoms with E-state index in [2.05, 4.69) is 126 Å². The van der Waals surface area contributed by atoms with E-state index in [1.807, 2.05) is 0 Å². The molecule has 0 unspecified atom stereocenters. The first-order chi connectivity index (χ1) is 14.9. The van der Waals surface area contributed by atoms with Gasteiger partial charge in [-0.1, -0.05) is 109 Å². The van der Waals surface area contributed by atoms with Crippen LogP contribution in [-0.4, -0.2) is 6.85 Å². The van der Waals surface area contributed by atoms with Crippen molar-refractivity contribution in [3.63, 3.8) is 0 Å². The fourth-order valence-electron chi connectivity index (χ4n) is 4.75. The van der Waals surface area contributed by atoms with Crippen molar-refractivity contribution in [3.8, 4) is 11.1 Å². The van der Waals surface area contributed by atoms with Gasteiger partial charge in [-0.3, -0.25) is 0 Å². The summed E-state index contributed by atoms with van der Waals surface area (Å²) >= 11 is 0. The molecule has 0 aliphatic carbocycles. The first kappa shape index (κ1) is 17.1. The molecule has 0 amide bonds. The van der Waals surface area contributed by atoms with Gasteiger partial charge in [0.05, 0.1) is 0 Å². The number of hydrogen-bond acceptors (Lipinski definition) is 1. The van der Waals surface area contributed by atoms with Gasteiger partial charge in [-0.2, -0.15) is 0 Å². The van der Waals surface area contributed by atoms with Crippen molar-refractivity contribution in [2.24, 2.45) is 0 Å². The average molecular weight is 381 g/mol. The molecule has 5 aromatic carbocycles. The Morgan fingerprint density at radius 1 is 0.500 bits per heavy atom. The largest absolute Gasteiger partial charge is 0.376 e. The summed E-state index contributed by atoms with van der Waals surface area (Å²) in [4.78, 5) is 2.49. The summed E-state index contributed by atoms with van der Waals surface area (Å²) in [5.74, 6) is 0. The van der Waals surface area contributed by atoms with Gasteiger partial charge in [0.1, 0.15) is 0 Å². The van der Waals surface area contributed by atoms with Crippen LogP contribution < -0.4 is 15.7 Å². The van der Waals surface area contributed by atoms with Gasteiger partial charge in [-0.25, -0.2) is 0 Å². The summed E-state index contributed by atoms with van der Waals surface area (Å²) in [5.41, 5.74) is 7.71. The minimum atomic E-state index is 0.114. The van der Waals surface area contributed by atoms with E-state index in [1.54, 1.807) is 0 Å². The lowest BCUT2D eigenvalue weighted by atomic mass is 9.45. The number of fused-ring (bicyclic) bond motifs is 4. The van der Waals surface area contributed by atoms with E-state index in [0.29, 0.717) is 0 Å². The third kappa shape index (κ3) is 2.65. The lowest BCUT2D eigenvalue weighted by molar-refractivity contribution is 1.36. The smallest absolute Gasteiger partial charge is 0.328 e. The minimum Gasteiger partial charge on any atom is -0.376 e. The highest BCUT2D eigenvalue weighted by Crippen LogP contribution is 2.39. The van der Waals surface area contributed by atoms with Gasteiger partial charge in [0, 0.05) is 16.9 Å². The first-order valence-corrected chi connectivity index (χ1v) is 10.4. The summed E-state index contributed by atoms with van der Waals surface area (Å²) < 4.78 is 0. The van der Waals surface area contributed by atoms with E-state index < -0.39 is 0 Å². The summed E-state index contributed by atoms with van der Waals surface area (Å²) in [6, 6.07) is 43.8. The van der Waals surface area contributed by atoms with Crippen molar-refractivity contribution < 1.29 is 0 Å². The lowest BCUT2D eigenvalue weighted by Crippen LogP contribution is -2.57. The van der Waals surface area contributed by atoms with Crippen LogP contribution in [0.4, 0.5) is 11.4 Å². The molecule has 30 heavy (non-hydrogen) atoms. The maximum Gasteiger partial charge on any atom is 0.328 e. The molecule has 0 radical (unpaired) electrons. The molecule has 140 valence electrons. The normalized spacial score (nSPS) is 12.5. The maximum absolute atomic E-state index is 2.49. The van der Waals surface area contributed by atoms with Crippen molar-refractivity contribution in [3.05, 3.63) is 121 Å². The van der Waals surface area contributed by atoms with Crippen LogP contribution in [0.5, 0.6) is 0 Å². The van der Waals surface area contributed by atoms with Gasteiger partial charge < -0.3 is 4.81 Å². The average Bonchev–Trinajstić information content (AvgIpc) is 2.83. The van der Waals surface area contributed by atoms with Gasteiger partial charge in [0.15, 0.2) is 0 Å². The SMILES string of the molecule is c1ccc(N2B(c3ccc4ccccc4c3)c3ccccc3-c3ccccc32)cc1. The molecule has 6 rings (SSSR count). The molecule has 0 bridgehead atoms. The van der Waals surface area contributed by atoms with E-state index in [0.717, 1.165) is 0 Å². The van der Waals surface area contributed by atoms with E-state index in [9.17, 15) is 0 Å². The Labute approximate surface area is 177 Å². The molecule has 0 spiro atoms. The Hall–Kier alpha value is -3.78. The second kappa shape index (κ2) is 6.93. The summed E-state index contributed by atoms with van der Waals surface area (Å²) in [6.45, 7) is 0.114. The van der Waals surface area contributed by atoms with Gasteiger partial charge in [0.2, 0.25) is 0 Å². The summed E-state index contributed by atoms with van der Waals surface area (Å²) in [5, 5.41) is 2.55. The number of rotatable bonds is 2. The molecular formula is C28H20BN. The zero-order valence-corrected chi connectivity index (χ0v) is 16.6. The van der Waals surface area contributed by atoms with Gasteiger partial charge in [-0.15, -0.1) is 0 Å². The predicted molar refractivity (Wildman–Crippen MR) is 129 cm³/mol. The Bertz CT molecular complexity index is 1360. The zero-order valence-electron chi connectivity index (χ0n) is 16.6. The molecule has 0 fully saturated rings. The number of para-hydroxylation sites is 2. The van der Waals surface area contributed by atoms with E-state index in [-0.39, 0.29) is 6.85 Å². The van der Waals surface area contributed by atoms with Crippen LogP contribution in [0.2, 0.25) is 0 Å². The molecule has 1 aliphatic rings. The molecule has 0 saturated carbocycles. The first-order valence-electron chi connectivity index (χ1n) is 10.4. The molecule has 0 saturated heterocycles. The molecular weight excluding hydrogens is 361 g/mol. The fourth-order valence-corrected chi connectivity index (χ4v) is 4.75. The van der Waals surface area contributed by atoms with Crippen molar-refractivity contribution in [1.82, 2.24) is 0 Å². The molecule has 1 aliphatic heterocycles. The van der Waals surface area contributed by atoms with Crippen LogP contribution in [0.15, 0.2) is 121 Å². The maximum atomic E-state index is 2.49. The second-order valence-electron chi connectivity index (χ2n) is 7.82. The Balaban J connectivity index is 1.66. The highest BCUT2D eigenvalue weighted by atomic mass is 15.1. The zero-order chi connectivity index (χ0) is 19.9. The number of hydrogen-bond donors (Lipinski definition) is 0. The highest BCUT2D eigenvalue weighted by molar-refractivity contribution is 6.91. The molecule has 5 aromatic rings. The van der Waals surface area contributed by atoms with E-state index in [1.165, 1.54) is 44.2 Å². The molecule has 1 heterocycles. The molecule has 2 heteroatoms. The fraction of sp³-hybridized carbons (Fsp3) is 0. The lowest BCUT2D eigenvalue weighted by Gasteiger charge is -2.39. The number of benzene rings is 5. The van der Waals surface area contributed by atoms with Gasteiger partial charge in [-0.05, 0) is 40.0 Å². The monoisotopic (exact) mass is 381 g/mol. The van der Waals surface area contributed by atoms with Crippen LogP contribution in [-0.2, 0) is 0 Å². The molecule has 0 aromatic heterocycles. The van der Waals surface area contributed by atoms with E-state index in [4.69, 9.17) is 0 Å². The Kier molecular flexibility index (Phi) is 3.95. The number of nitrogens with zero attached hydrogens (tertiary/aromatic N) is 1. The standard InChI is InChI=1S/C28H20BN/c1-2-12-24(13-3-1)30-28-17-9-7-15-26(28)25-14-6-8-16-27(25)29(30)23-19-18-21-10-4-5-11-22(21)20-23/h1-20H. The van der Waals surface area contributed by atoms with Gasteiger partial charge >= 0.3 is 6.85 Å². The predicted octanol–water partition coefficient (Wildman–Crippen LogP) is 5.76. The quantitative estimate of drug-likeness (QED) is 0.351. The Morgan fingerprint density at radius 2 is 1.17 bits per heavy atom. The Morgan fingerprint density at radius 3 is 2.03 bits per heavy atom. The van der Waals surface area contributed by atoms with Crippen LogP contribution in [0.3, 0.4) is 0 Å². The van der Waals surface area contributed by atoms with Crippen LogP contribution in [0.25, 0.3) is 21.9 Å². The van der Waals surface area contributed by atoms with Crippen LogP contribution in [0.1, 0.15) is 0 Å². The van der Waals surface area contributed by atoms with Crippen molar-refractivity contribution in [1.29, 1.82) is 0 Å². The molecule has 0 N–H and O–H groups in total. The number of anilines is 2. The van der Waals surface area contributed by atoms with E-state index >= 15 is 0 Å². The van der Waals surface area contributed by atoms with Crippen LogP contribution in [0, 0.1) is 0 Å². The van der Waals surface area contributed by atoms with Crippen LogP contribution >= 0.6 is 0 Å². The van der Waals surface area contributed by atoms with Gasteiger partial charge in [0.25, 0.3) is 0 Å². The molecule has 1 nitrogen and oxygen atoms in total. The third-order valence-corrected chi connectivity index (χ3v) is 6.09. The van der Waals surface area contributed by atoms with Crippen molar-refractivity contribution in [2.75, 3.05) is 4.81 Å². The topological polar surface area (TPSA) is 3.24 Å². The summed E-state index contributed by atoms with van der Waals surface area (Å²) in [6.07, 6.45) is 0. The second-order valence-corrected chi connectivity index (χ2v) is 7.82. The van der Waals surface area contributed by atoms with Crippen molar-refractivity contribution >= 4 is 39.9 Å². The minimum absolute atomic E-state index is 0.114. The third-order valence-electron chi connectivity index (χ3n) is 6.09. The highest BCUT2D eigenvalue weighted by Gasteiger charge is 2.36. The molecule has 0 atom stereocenters. The summed E-state index contributed by atoms with van der Waals surface area (Å²) in [7, 11) is 0. The van der Waals surface area contributed by atoms with Crippen molar-refractivity contribution in [2.45, 2.75) is 0 Å².